The third kappa shape index (κ3) is 7.34. The summed E-state index contributed by atoms with van der Waals surface area (Å²) in [4.78, 5) is 42.9. The molecule has 2 saturated heterocycles. The molecule has 1 atom stereocenters. The number of aryl methyl sites for hydroxylation is 1. The molecule has 5 rings (SSSR count). The molecule has 0 aromatic heterocycles. The van der Waals surface area contributed by atoms with Gasteiger partial charge in [0.15, 0.2) is 6.10 Å². The Morgan fingerprint density at radius 3 is 2.60 bits per heavy atom. The highest BCUT2D eigenvalue weighted by molar-refractivity contribution is 6.33. The first kappa shape index (κ1) is 30.9. The summed E-state index contributed by atoms with van der Waals surface area (Å²) in [6.07, 6.45) is 0.955. The summed E-state index contributed by atoms with van der Waals surface area (Å²) in [5.41, 5.74) is 8.82. The molecule has 0 aliphatic carbocycles. The molecule has 0 radical (unpaired) electrons. The summed E-state index contributed by atoms with van der Waals surface area (Å²) in [6, 6.07) is 11.5. The minimum Gasteiger partial charge on any atom is -0.438 e. The average Bonchev–Trinajstić information content (AvgIpc) is 2.98. The average molecular weight is 613 g/mol. The van der Waals surface area contributed by atoms with E-state index >= 15 is 0 Å². The molecule has 43 heavy (non-hydrogen) atoms. The molecule has 12 heteroatoms. The predicted molar refractivity (Wildman–Crippen MR) is 165 cm³/mol. The molecule has 3 heterocycles. The zero-order valence-corrected chi connectivity index (χ0v) is 25.5. The van der Waals surface area contributed by atoms with E-state index in [0.717, 1.165) is 42.6 Å². The summed E-state index contributed by atoms with van der Waals surface area (Å²) in [5, 5.41) is 9.58. The van der Waals surface area contributed by atoms with E-state index in [1.54, 1.807) is 11.0 Å². The van der Waals surface area contributed by atoms with Gasteiger partial charge in [0.05, 0.1) is 16.4 Å². The number of hydrogen-bond acceptors (Lipinski definition) is 8. The lowest BCUT2D eigenvalue weighted by molar-refractivity contribution is -0.130. The van der Waals surface area contributed by atoms with Crippen molar-refractivity contribution >= 4 is 41.1 Å². The molecule has 3 aliphatic rings. The van der Waals surface area contributed by atoms with Gasteiger partial charge in [-0.2, -0.15) is 0 Å². The van der Waals surface area contributed by atoms with E-state index in [1.807, 2.05) is 37.3 Å². The van der Waals surface area contributed by atoms with Crippen molar-refractivity contribution in [1.82, 2.24) is 20.4 Å². The van der Waals surface area contributed by atoms with Gasteiger partial charge in [-0.05, 0) is 63.2 Å². The first-order chi connectivity index (χ1) is 20.6. The van der Waals surface area contributed by atoms with E-state index in [4.69, 9.17) is 26.8 Å². The van der Waals surface area contributed by atoms with Crippen LogP contribution in [0.4, 0.5) is 21.0 Å². The number of piperidine rings is 2. The number of rotatable bonds is 8. The lowest BCUT2D eigenvalue weighted by Gasteiger charge is -2.44. The number of fused-ring (bicyclic) bond motifs is 2. The minimum atomic E-state index is -1.07. The number of nitrogens with one attached hydrogen (secondary N) is 3. The summed E-state index contributed by atoms with van der Waals surface area (Å²) in [5.74, 6) is -0.376. The van der Waals surface area contributed by atoms with Crippen LogP contribution in [-0.2, 0) is 26.3 Å². The molecule has 1 spiro atoms. The Morgan fingerprint density at radius 1 is 1.16 bits per heavy atom. The zero-order valence-electron chi connectivity index (χ0n) is 24.8. The van der Waals surface area contributed by atoms with Crippen molar-refractivity contribution < 1.29 is 23.9 Å². The van der Waals surface area contributed by atoms with Gasteiger partial charge >= 0.3 is 12.2 Å². The number of carbonyl (C=O) groups excluding carboxylic acids is 3. The van der Waals surface area contributed by atoms with E-state index in [1.165, 1.54) is 0 Å². The molecular weight excluding hydrogens is 572 g/mol. The van der Waals surface area contributed by atoms with Crippen molar-refractivity contribution in [2.24, 2.45) is 0 Å². The Kier molecular flexibility index (Phi) is 9.63. The molecule has 5 N–H and O–H groups in total. The van der Waals surface area contributed by atoms with E-state index in [0.29, 0.717) is 61.5 Å². The second-order valence-corrected chi connectivity index (χ2v) is 12.2. The minimum absolute atomic E-state index is 0.148. The highest BCUT2D eigenvalue weighted by atomic mass is 35.5. The molecule has 232 valence electrons. The van der Waals surface area contributed by atoms with Gasteiger partial charge in [0, 0.05) is 57.0 Å². The Hall–Kier alpha value is -3.54. The fourth-order valence-electron chi connectivity index (χ4n) is 6.11. The number of nitrogen functional groups attached to an aromatic ring is 1. The predicted octanol–water partition coefficient (Wildman–Crippen LogP) is 3.63. The van der Waals surface area contributed by atoms with Crippen molar-refractivity contribution in [1.29, 1.82) is 0 Å². The molecule has 0 saturated carbocycles. The summed E-state index contributed by atoms with van der Waals surface area (Å²) in [6.45, 7) is 5.59. The van der Waals surface area contributed by atoms with Crippen molar-refractivity contribution in [3.8, 4) is 0 Å². The van der Waals surface area contributed by atoms with E-state index in [-0.39, 0.29) is 12.3 Å². The lowest BCUT2D eigenvalue weighted by atomic mass is 9.82. The van der Waals surface area contributed by atoms with Crippen LogP contribution in [0.15, 0.2) is 36.4 Å². The van der Waals surface area contributed by atoms with Gasteiger partial charge < -0.3 is 35.6 Å². The smallest absolute Gasteiger partial charge is 0.412 e. The molecule has 2 aromatic rings. The van der Waals surface area contributed by atoms with Crippen LogP contribution in [0.1, 0.15) is 42.4 Å². The number of hydrogen-bond donors (Lipinski definition) is 4. The molecule has 2 aromatic carbocycles. The highest BCUT2D eigenvalue weighted by Crippen LogP contribution is 2.43. The van der Waals surface area contributed by atoms with Crippen LogP contribution in [0.25, 0.3) is 0 Å². The standard InChI is InChI=1S/C31H41ClN6O5/c1-20-17-21(18-24(32)27(20)33)19-26(28(39)35-12-11-34-22-7-13-37(2)14-8-22)42-30(41)38-15-9-31(10-16-38)23-5-3-4-6-25(23)36-29(40)43-31/h3-6,17-18,22,26,34H,7-16,19,33H2,1-2H3,(H,35,39)(H,36,40)/t26-/m1/s1. The number of anilines is 2. The van der Waals surface area contributed by atoms with Crippen molar-refractivity contribution in [3.05, 3.63) is 58.1 Å². The molecule has 3 amide bonds. The molecule has 2 fully saturated rings. The van der Waals surface area contributed by atoms with Crippen LogP contribution in [-0.4, -0.2) is 86.4 Å². The first-order valence-corrected chi connectivity index (χ1v) is 15.3. The maximum absolute atomic E-state index is 13.4. The Labute approximate surface area is 257 Å². The number of halogens is 1. The monoisotopic (exact) mass is 612 g/mol. The summed E-state index contributed by atoms with van der Waals surface area (Å²) < 4.78 is 11.6. The van der Waals surface area contributed by atoms with Gasteiger partial charge in [-0.3, -0.25) is 10.1 Å². The normalized spacial score (nSPS) is 19.2. The number of benzene rings is 2. The van der Waals surface area contributed by atoms with Crippen LogP contribution in [0, 0.1) is 6.92 Å². The van der Waals surface area contributed by atoms with Crippen molar-refractivity contribution in [3.63, 3.8) is 0 Å². The number of likely N-dealkylation sites (tertiary alicyclic amines) is 2. The van der Waals surface area contributed by atoms with Gasteiger partial charge in [-0.15, -0.1) is 0 Å². The van der Waals surface area contributed by atoms with Crippen LogP contribution >= 0.6 is 11.6 Å². The molecular formula is C31H41ClN6O5. The number of para-hydroxylation sites is 1. The van der Waals surface area contributed by atoms with E-state index < -0.39 is 23.9 Å². The van der Waals surface area contributed by atoms with E-state index in [2.05, 4.69) is 27.9 Å². The van der Waals surface area contributed by atoms with Crippen molar-refractivity contribution in [2.75, 3.05) is 57.4 Å². The number of carbonyl (C=O) groups is 3. The largest absolute Gasteiger partial charge is 0.438 e. The molecule has 3 aliphatic heterocycles. The molecule has 11 nitrogen and oxygen atoms in total. The summed E-state index contributed by atoms with van der Waals surface area (Å²) in [7, 11) is 2.12. The van der Waals surface area contributed by atoms with Crippen LogP contribution in [0.2, 0.25) is 5.02 Å². The lowest BCUT2D eigenvalue weighted by Crippen LogP contribution is -2.51. The third-order valence-corrected chi connectivity index (χ3v) is 9.01. The third-order valence-electron chi connectivity index (χ3n) is 8.70. The maximum atomic E-state index is 13.4. The van der Waals surface area contributed by atoms with Crippen LogP contribution < -0.4 is 21.7 Å². The molecule has 0 bridgehead atoms. The quantitative estimate of drug-likeness (QED) is 0.262. The van der Waals surface area contributed by atoms with Gasteiger partial charge in [0.25, 0.3) is 5.91 Å². The SMILES string of the molecule is Cc1cc(C[C@@H](OC(=O)N2CCC3(CC2)OC(=O)Nc2ccccc23)C(=O)NCCNC2CCN(C)CC2)cc(Cl)c1N. The van der Waals surface area contributed by atoms with Gasteiger partial charge in [-0.1, -0.05) is 35.9 Å². The van der Waals surface area contributed by atoms with Gasteiger partial charge in [-0.25, -0.2) is 9.59 Å². The first-order valence-electron chi connectivity index (χ1n) is 14.9. The topological polar surface area (TPSA) is 138 Å². The fraction of sp³-hybridized carbons (Fsp3) is 0.516. The maximum Gasteiger partial charge on any atom is 0.412 e. The van der Waals surface area contributed by atoms with Crippen LogP contribution in [0.5, 0.6) is 0 Å². The number of ether oxygens (including phenoxy) is 2. The van der Waals surface area contributed by atoms with Crippen LogP contribution in [0.3, 0.4) is 0 Å². The highest BCUT2D eigenvalue weighted by Gasteiger charge is 2.45. The Balaban J connectivity index is 1.22. The number of nitrogens with zero attached hydrogens (tertiary/aromatic N) is 2. The van der Waals surface area contributed by atoms with E-state index in [9.17, 15) is 14.4 Å². The van der Waals surface area contributed by atoms with Gasteiger partial charge in [0.2, 0.25) is 0 Å². The number of nitrogens with two attached hydrogens (primary N) is 1. The number of amides is 3. The second-order valence-electron chi connectivity index (χ2n) is 11.7. The summed E-state index contributed by atoms with van der Waals surface area (Å²) >= 11 is 6.32. The Bertz CT molecular complexity index is 1320. The molecule has 0 unspecified atom stereocenters. The fourth-order valence-corrected chi connectivity index (χ4v) is 6.40. The second kappa shape index (κ2) is 13.4. The van der Waals surface area contributed by atoms with Gasteiger partial charge in [0.1, 0.15) is 5.60 Å². The zero-order chi connectivity index (χ0) is 30.6. The van der Waals surface area contributed by atoms with Crippen molar-refractivity contribution in [2.45, 2.75) is 56.8 Å². The Morgan fingerprint density at radius 2 is 1.88 bits per heavy atom.